The predicted molar refractivity (Wildman–Crippen MR) is 111 cm³/mol. The SMILES string of the molecule is COc1ccc(CNC(=O)CN2CCN(S(=O)(=O)c3cccc(C(F)(F)F)c3)CC2)cc1. The van der Waals surface area contributed by atoms with Crippen LogP contribution in [0.25, 0.3) is 0 Å². The minimum Gasteiger partial charge on any atom is -0.497 e. The van der Waals surface area contributed by atoms with E-state index in [0.29, 0.717) is 25.7 Å². The molecule has 11 heteroatoms. The molecule has 7 nitrogen and oxygen atoms in total. The minimum atomic E-state index is -4.62. The highest BCUT2D eigenvalue weighted by molar-refractivity contribution is 7.89. The van der Waals surface area contributed by atoms with Crippen molar-refractivity contribution in [3.8, 4) is 5.75 Å². The van der Waals surface area contributed by atoms with Gasteiger partial charge in [0.2, 0.25) is 15.9 Å². The van der Waals surface area contributed by atoms with Crippen molar-refractivity contribution in [1.82, 2.24) is 14.5 Å². The summed E-state index contributed by atoms with van der Waals surface area (Å²) in [5, 5.41) is 2.81. The van der Waals surface area contributed by atoms with Crippen LogP contribution in [0.2, 0.25) is 0 Å². The van der Waals surface area contributed by atoms with E-state index in [1.165, 1.54) is 0 Å². The summed E-state index contributed by atoms with van der Waals surface area (Å²) in [6.07, 6.45) is -4.62. The Bertz CT molecular complexity index is 1040. The molecular weight excluding hydrogens is 447 g/mol. The maximum absolute atomic E-state index is 12.9. The Morgan fingerprint density at radius 1 is 1.06 bits per heavy atom. The van der Waals surface area contributed by atoms with Crippen LogP contribution in [-0.2, 0) is 27.5 Å². The van der Waals surface area contributed by atoms with Gasteiger partial charge in [0.1, 0.15) is 5.75 Å². The van der Waals surface area contributed by atoms with Crippen LogP contribution in [0.4, 0.5) is 13.2 Å². The molecule has 1 saturated heterocycles. The van der Waals surface area contributed by atoms with E-state index in [4.69, 9.17) is 4.74 Å². The first-order valence-electron chi connectivity index (χ1n) is 9.89. The van der Waals surface area contributed by atoms with Crippen molar-refractivity contribution in [2.75, 3.05) is 39.8 Å². The van der Waals surface area contributed by atoms with Crippen LogP contribution in [-0.4, -0.2) is 63.4 Å². The van der Waals surface area contributed by atoms with Gasteiger partial charge in [-0.05, 0) is 35.9 Å². The lowest BCUT2D eigenvalue weighted by Gasteiger charge is -2.33. The molecule has 0 saturated carbocycles. The largest absolute Gasteiger partial charge is 0.497 e. The molecule has 174 valence electrons. The summed E-state index contributed by atoms with van der Waals surface area (Å²) >= 11 is 0. The fraction of sp³-hybridized carbons (Fsp3) is 0.381. The van der Waals surface area contributed by atoms with Gasteiger partial charge in [-0.1, -0.05) is 18.2 Å². The van der Waals surface area contributed by atoms with E-state index in [2.05, 4.69) is 5.32 Å². The first-order chi connectivity index (χ1) is 15.1. The number of sulfonamides is 1. The van der Waals surface area contributed by atoms with Gasteiger partial charge in [0.05, 0.1) is 24.1 Å². The number of halogens is 3. The molecule has 0 atom stereocenters. The van der Waals surface area contributed by atoms with E-state index in [1.807, 2.05) is 17.0 Å². The van der Waals surface area contributed by atoms with Gasteiger partial charge in [-0.25, -0.2) is 8.42 Å². The molecule has 1 aliphatic heterocycles. The normalized spacial score (nSPS) is 16.0. The number of amides is 1. The minimum absolute atomic E-state index is 0.0876. The summed E-state index contributed by atoms with van der Waals surface area (Å²) in [6.45, 7) is 1.23. The maximum Gasteiger partial charge on any atom is 0.416 e. The Labute approximate surface area is 184 Å². The Kier molecular flexibility index (Phi) is 7.42. The van der Waals surface area contributed by atoms with Gasteiger partial charge >= 0.3 is 6.18 Å². The van der Waals surface area contributed by atoms with E-state index < -0.39 is 26.7 Å². The van der Waals surface area contributed by atoms with E-state index in [9.17, 15) is 26.4 Å². The van der Waals surface area contributed by atoms with Crippen LogP contribution in [0.3, 0.4) is 0 Å². The number of ether oxygens (including phenoxy) is 1. The zero-order chi connectivity index (χ0) is 23.4. The Morgan fingerprint density at radius 3 is 2.31 bits per heavy atom. The summed E-state index contributed by atoms with van der Waals surface area (Å²) < 4.78 is 70.5. The molecule has 2 aromatic carbocycles. The number of nitrogens with zero attached hydrogens (tertiary/aromatic N) is 2. The second-order valence-corrected chi connectivity index (χ2v) is 9.27. The number of hydrogen-bond donors (Lipinski definition) is 1. The number of piperazine rings is 1. The lowest BCUT2D eigenvalue weighted by molar-refractivity contribution is -0.137. The van der Waals surface area contributed by atoms with Crippen molar-refractivity contribution in [2.24, 2.45) is 0 Å². The number of methoxy groups -OCH3 is 1. The Balaban J connectivity index is 1.51. The first kappa shape index (κ1) is 24.0. The number of alkyl halides is 3. The number of benzene rings is 2. The molecule has 0 aromatic heterocycles. The van der Waals surface area contributed by atoms with Crippen LogP contribution >= 0.6 is 0 Å². The molecule has 0 spiro atoms. The smallest absolute Gasteiger partial charge is 0.416 e. The average molecular weight is 472 g/mol. The van der Waals surface area contributed by atoms with Crippen molar-refractivity contribution >= 4 is 15.9 Å². The molecular formula is C21H24F3N3O4S. The molecule has 0 unspecified atom stereocenters. The second kappa shape index (κ2) is 9.88. The zero-order valence-electron chi connectivity index (χ0n) is 17.4. The van der Waals surface area contributed by atoms with Gasteiger partial charge in [-0.2, -0.15) is 17.5 Å². The summed E-state index contributed by atoms with van der Waals surface area (Å²) in [6, 6.07) is 11.0. The fourth-order valence-electron chi connectivity index (χ4n) is 3.31. The molecule has 1 N–H and O–H groups in total. The standard InChI is InChI=1S/C21H24F3N3O4S/c1-31-18-7-5-16(6-8-18)14-25-20(28)15-26-9-11-27(12-10-26)32(29,30)19-4-2-3-17(13-19)21(22,23)24/h2-8,13H,9-12,14-15H2,1H3,(H,25,28). The Hall–Kier alpha value is -2.63. The third-order valence-electron chi connectivity index (χ3n) is 5.15. The van der Waals surface area contributed by atoms with Crippen LogP contribution in [0.15, 0.2) is 53.4 Å². The number of nitrogens with one attached hydrogen (secondary N) is 1. The molecule has 1 amide bonds. The van der Waals surface area contributed by atoms with Crippen molar-refractivity contribution in [3.63, 3.8) is 0 Å². The average Bonchev–Trinajstić information content (AvgIpc) is 2.78. The van der Waals surface area contributed by atoms with Crippen molar-refractivity contribution in [3.05, 3.63) is 59.7 Å². The molecule has 0 aliphatic carbocycles. The van der Waals surface area contributed by atoms with Crippen molar-refractivity contribution in [1.29, 1.82) is 0 Å². The molecule has 1 aliphatic rings. The summed E-state index contributed by atoms with van der Waals surface area (Å²) in [4.78, 5) is 13.6. The number of rotatable bonds is 7. The van der Waals surface area contributed by atoms with Crippen LogP contribution < -0.4 is 10.1 Å². The number of carbonyl (C=O) groups excluding carboxylic acids is 1. The summed E-state index contributed by atoms with van der Waals surface area (Å²) in [7, 11) is -2.48. The van der Waals surface area contributed by atoms with Gasteiger partial charge < -0.3 is 10.1 Å². The van der Waals surface area contributed by atoms with Crippen LogP contribution in [0, 0.1) is 0 Å². The van der Waals surface area contributed by atoms with Crippen LogP contribution in [0.1, 0.15) is 11.1 Å². The van der Waals surface area contributed by atoms with E-state index in [-0.39, 0.29) is 25.5 Å². The summed E-state index contributed by atoms with van der Waals surface area (Å²) in [5.41, 5.74) is -0.0955. The van der Waals surface area contributed by atoms with Crippen molar-refractivity contribution < 1.29 is 31.1 Å². The van der Waals surface area contributed by atoms with Gasteiger partial charge in [0.15, 0.2) is 0 Å². The molecule has 0 radical (unpaired) electrons. The molecule has 32 heavy (non-hydrogen) atoms. The van der Waals surface area contributed by atoms with Crippen molar-refractivity contribution in [2.45, 2.75) is 17.6 Å². The summed E-state index contributed by atoms with van der Waals surface area (Å²) in [5.74, 6) is 0.521. The monoisotopic (exact) mass is 471 g/mol. The predicted octanol–water partition coefficient (Wildman–Crippen LogP) is 2.34. The molecule has 0 bridgehead atoms. The highest BCUT2D eigenvalue weighted by Gasteiger charge is 2.34. The molecule has 2 aromatic rings. The fourth-order valence-corrected chi connectivity index (χ4v) is 4.78. The third kappa shape index (κ3) is 5.99. The maximum atomic E-state index is 12.9. The van der Waals surface area contributed by atoms with Gasteiger partial charge in [-0.3, -0.25) is 9.69 Å². The quantitative estimate of drug-likeness (QED) is 0.671. The highest BCUT2D eigenvalue weighted by atomic mass is 32.2. The lowest BCUT2D eigenvalue weighted by Crippen LogP contribution is -2.51. The van der Waals surface area contributed by atoms with Gasteiger partial charge in [0.25, 0.3) is 0 Å². The zero-order valence-corrected chi connectivity index (χ0v) is 18.2. The Morgan fingerprint density at radius 2 is 1.72 bits per heavy atom. The molecule has 1 fully saturated rings. The first-order valence-corrected chi connectivity index (χ1v) is 11.3. The van der Waals surface area contributed by atoms with E-state index >= 15 is 0 Å². The van der Waals surface area contributed by atoms with E-state index in [0.717, 1.165) is 33.8 Å². The van der Waals surface area contributed by atoms with E-state index in [1.54, 1.807) is 19.2 Å². The lowest BCUT2D eigenvalue weighted by atomic mass is 10.2. The third-order valence-corrected chi connectivity index (χ3v) is 7.04. The highest BCUT2D eigenvalue weighted by Crippen LogP contribution is 2.31. The number of carbonyl (C=O) groups is 1. The van der Waals surface area contributed by atoms with Crippen LogP contribution in [0.5, 0.6) is 5.75 Å². The molecule has 1 heterocycles. The van der Waals surface area contributed by atoms with Gasteiger partial charge in [0, 0.05) is 32.7 Å². The second-order valence-electron chi connectivity index (χ2n) is 7.33. The van der Waals surface area contributed by atoms with Gasteiger partial charge in [-0.15, -0.1) is 0 Å². The number of hydrogen-bond acceptors (Lipinski definition) is 5. The molecule has 3 rings (SSSR count). The topological polar surface area (TPSA) is 79.0 Å².